The first-order valence-corrected chi connectivity index (χ1v) is 6.70. The zero-order valence-corrected chi connectivity index (χ0v) is 12.5. The molecule has 0 atom stereocenters. The number of nitrogens with one attached hydrogen (secondary N) is 1. The van der Waals surface area contributed by atoms with Crippen molar-refractivity contribution in [2.45, 2.75) is 20.8 Å². The third-order valence-corrected chi connectivity index (χ3v) is 3.47. The van der Waals surface area contributed by atoms with Gasteiger partial charge in [0.2, 0.25) is 0 Å². The molecule has 0 unspecified atom stereocenters. The molecule has 0 radical (unpaired) electrons. The number of nitrogens with two attached hydrogens (primary N) is 1. The standard InChI is InChI=1S/C16H17ClN2O/c1-9-6-10(2)15(11(3)7-9)16(20)19-14-8-12(18)4-5-13(14)17/h4-8H,18H2,1-3H3,(H,19,20). The minimum absolute atomic E-state index is 0.174. The number of carbonyl (C=O) groups is 1. The summed E-state index contributed by atoms with van der Waals surface area (Å²) in [5, 5.41) is 3.29. The molecular weight excluding hydrogens is 272 g/mol. The van der Waals surface area contributed by atoms with Gasteiger partial charge in [0.1, 0.15) is 0 Å². The summed E-state index contributed by atoms with van der Waals surface area (Å²) in [5.41, 5.74) is 10.5. The SMILES string of the molecule is Cc1cc(C)c(C(=O)Nc2cc(N)ccc2Cl)c(C)c1. The average Bonchev–Trinajstić information content (AvgIpc) is 2.32. The molecule has 2 rings (SSSR count). The van der Waals surface area contributed by atoms with Crippen LogP contribution in [0.1, 0.15) is 27.0 Å². The molecule has 0 heterocycles. The van der Waals surface area contributed by atoms with Crippen LogP contribution in [-0.4, -0.2) is 5.91 Å². The Balaban J connectivity index is 2.36. The molecule has 0 aliphatic carbocycles. The van der Waals surface area contributed by atoms with Gasteiger partial charge in [0.05, 0.1) is 10.7 Å². The minimum Gasteiger partial charge on any atom is -0.399 e. The van der Waals surface area contributed by atoms with Crippen LogP contribution in [0.25, 0.3) is 0 Å². The summed E-state index contributed by atoms with van der Waals surface area (Å²) in [6.45, 7) is 5.86. The van der Waals surface area contributed by atoms with Gasteiger partial charge in [0.25, 0.3) is 5.91 Å². The average molecular weight is 289 g/mol. The van der Waals surface area contributed by atoms with Gasteiger partial charge in [-0.1, -0.05) is 29.3 Å². The Labute approximate surface area is 123 Å². The zero-order chi connectivity index (χ0) is 14.9. The van der Waals surface area contributed by atoms with Crippen molar-refractivity contribution in [3.63, 3.8) is 0 Å². The Hall–Kier alpha value is -2.00. The highest BCUT2D eigenvalue weighted by atomic mass is 35.5. The number of hydrogen-bond donors (Lipinski definition) is 2. The maximum atomic E-state index is 12.4. The molecule has 0 aromatic heterocycles. The Kier molecular flexibility index (Phi) is 4.00. The highest BCUT2D eigenvalue weighted by molar-refractivity contribution is 6.34. The number of carbonyl (C=O) groups excluding carboxylic acids is 1. The molecule has 0 aliphatic heterocycles. The Morgan fingerprint density at radius 1 is 1.10 bits per heavy atom. The fourth-order valence-electron chi connectivity index (χ4n) is 2.36. The molecule has 0 saturated heterocycles. The lowest BCUT2D eigenvalue weighted by Crippen LogP contribution is -2.15. The smallest absolute Gasteiger partial charge is 0.256 e. The quantitative estimate of drug-likeness (QED) is 0.818. The van der Waals surface area contributed by atoms with Crippen molar-refractivity contribution < 1.29 is 4.79 Å². The molecule has 1 amide bonds. The molecule has 3 N–H and O–H groups in total. The molecule has 0 bridgehead atoms. The second-order valence-corrected chi connectivity index (χ2v) is 5.37. The summed E-state index contributed by atoms with van der Waals surface area (Å²) in [6.07, 6.45) is 0. The second kappa shape index (κ2) is 5.55. The minimum atomic E-state index is -0.174. The number of aryl methyl sites for hydroxylation is 3. The Morgan fingerprint density at radius 2 is 1.70 bits per heavy atom. The van der Waals surface area contributed by atoms with E-state index in [0.717, 1.165) is 16.7 Å². The predicted molar refractivity (Wildman–Crippen MR) is 84.5 cm³/mol. The molecule has 20 heavy (non-hydrogen) atoms. The van der Waals surface area contributed by atoms with E-state index in [2.05, 4.69) is 5.32 Å². The van der Waals surface area contributed by atoms with E-state index in [1.807, 2.05) is 32.9 Å². The number of hydrogen-bond acceptors (Lipinski definition) is 2. The summed E-state index contributed by atoms with van der Waals surface area (Å²) in [4.78, 5) is 12.4. The van der Waals surface area contributed by atoms with Gasteiger partial charge < -0.3 is 11.1 Å². The van der Waals surface area contributed by atoms with Gasteiger partial charge in [-0.05, 0) is 50.1 Å². The van der Waals surface area contributed by atoms with Crippen molar-refractivity contribution in [2.75, 3.05) is 11.1 Å². The van der Waals surface area contributed by atoms with E-state index >= 15 is 0 Å². The van der Waals surface area contributed by atoms with E-state index in [1.165, 1.54) is 0 Å². The highest BCUT2D eigenvalue weighted by Gasteiger charge is 2.14. The molecule has 104 valence electrons. The lowest BCUT2D eigenvalue weighted by molar-refractivity contribution is 0.102. The summed E-state index contributed by atoms with van der Waals surface area (Å²) in [5.74, 6) is -0.174. The molecule has 2 aromatic rings. The molecular formula is C16H17ClN2O. The lowest BCUT2D eigenvalue weighted by Gasteiger charge is -2.13. The van der Waals surface area contributed by atoms with E-state index in [-0.39, 0.29) is 5.91 Å². The van der Waals surface area contributed by atoms with Gasteiger partial charge in [0.15, 0.2) is 0 Å². The number of halogens is 1. The third-order valence-electron chi connectivity index (χ3n) is 3.14. The van der Waals surface area contributed by atoms with Crippen LogP contribution in [0.15, 0.2) is 30.3 Å². The van der Waals surface area contributed by atoms with Crippen molar-refractivity contribution in [1.82, 2.24) is 0 Å². The molecule has 4 heteroatoms. The third kappa shape index (κ3) is 2.94. The van der Waals surface area contributed by atoms with Gasteiger partial charge in [-0.15, -0.1) is 0 Å². The number of nitrogen functional groups attached to an aromatic ring is 1. The Morgan fingerprint density at radius 3 is 2.30 bits per heavy atom. The largest absolute Gasteiger partial charge is 0.399 e. The fraction of sp³-hybridized carbons (Fsp3) is 0.188. The first-order chi connectivity index (χ1) is 9.38. The number of rotatable bonds is 2. The maximum absolute atomic E-state index is 12.4. The van der Waals surface area contributed by atoms with E-state index in [0.29, 0.717) is 22.0 Å². The van der Waals surface area contributed by atoms with E-state index in [1.54, 1.807) is 18.2 Å². The van der Waals surface area contributed by atoms with Crippen molar-refractivity contribution in [3.05, 3.63) is 57.6 Å². The van der Waals surface area contributed by atoms with E-state index < -0.39 is 0 Å². The zero-order valence-electron chi connectivity index (χ0n) is 11.8. The van der Waals surface area contributed by atoms with E-state index in [9.17, 15) is 4.79 Å². The van der Waals surface area contributed by atoms with Gasteiger partial charge >= 0.3 is 0 Å². The van der Waals surface area contributed by atoms with Crippen molar-refractivity contribution in [2.24, 2.45) is 0 Å². The summed E-state index contributed by atoms with van der Waals surface area (Å²) >= 11 is 6.06. The predicted octanol–water partition coefficient (Wildman–Crippen LogP) is 4.10. The van der Waals surface area contributed by atoms with Crippen LogP contribution in [-0.2, 0) is 0 Å². The first-order valence-electron chi connectivity index (χ1n) is 6.32. The first kappa shape index (κ1) is 14.4. The Bertz CT molecular complexity index is 657. The summed E-state index contributed by atoms with van der Waals surface area (Å²) in [6, 6.07) is 8.99. The molecule has 0 saturated carbocycles. The van der Waals surface area contributed by atoms with Crippen LogP contribution in [0.5, 0.6) is 0 Å². The van der Waals surface area contributed by atoms with Crippen molar-refractivity contribution >= 4 is 28.9 Å². The van der Waals surface area contributed by atoms with Gasteiger partial charge in [-0.2, -0.15) is 0 Å². The lowest BCUT2D eigenvalue weighted by atomic mass is 9.99. The van der Waals surface area contributed by atoms with Crippen molar-refractivity contribution in [3.8, 4) is 0 Å². The van der Waals surface area contributed by atoms with Gasteiger partial charge in [0, 0.05) is 11.3 Å². The molecule has 2 aromatic carbocycles. The molecule has 3 nitrogen and oxygen atoms in total. The summed E-state index contributed by atoms with van der Waals surface area (Å²) < 4.78 is 0. The number of anilines is 2. The normalized spacial score (nSPS) is 10.4. The molecule has 0 aliphatic rings. The van der Waals surface area contributed by atoms with Crippen molar-refractivity contribution in [1.29, 1.82) is 0 Å². The highest BCUT2D eigenvalue weighted by Crippen LogP contribution is 2.25. The van der Waals surface area contributed by atoms with Crippen LogP contribution in [0, 0.1) is 20.8 Å². The van der Waals surface area contributed by atoms with E-state index in [4.69, 9.17) is 17.3 Å². The second-order valence-electron chi connectivity index (χ2n) is 4.97. The molecule has 0 fully saturated rings. The van der Waals surface area contributed by atoms with Gasteiger partial charge in [-0.25, -0.2) is 0 Å². The molecule has 0 spiro atoms. The summed E-state index contributed by atoms with van der Waals surface area (Å²) in [7, 11) is 0. The van der Waals surface area contributed by atoms with Crippen LogP contribution >= 0.6 is 11.6 Å². The maximum Gasteiger partial charge on any atom is 0.256 e. The van der Waals surface area contributed by atoms with Crippen LogP contribution < -0.4 is 11.1 Å². The topological polar surface area (TPSA) is 55.1 Å². The number of amides is 1. The van der Waals surface area contributed by atoms with Crippen LogP contribution in [0.4, 0.5) is 11.4 Å². The van der Waals surface area contributed by atoms with Crippen LogP contribution in [0.2, 0.25) is 5.02 Å². The monoisotopic (exact) mass is 288 g/mol. The van der Waals surface area contributed by atoms with Crippen LogP contribution in [0.3, 0.4) is 0 Å². The fourth-order valence-corrected chi connectivity index (χ4v) is 2.53. The van der Waals surface area contributed by atoms with Gasteiger partial charge in [-0.3, -0.25) is 4.79 Å². The number of benzene rings is 2.